The van der Waals surface area contributed by atoms with Crippen LogP contribution in [0, 0.1) is 13.8 Å². The van der Waals surface area contributed by atoms with Crippen LogP contribution in [-0.4, -0.2) is 26.1 Å². The van der Waals surface area contributed by atoms with Crippen molar-refractivity contribution in [2.24, 2.45) is 0 Å². The van der Waals surface area contributed by atoms with Crippen molar-refractivity contribution in [3.8, 4) is 5.75 Å². The third-order valence-electron chi connectivity index (χ3n) is 2.09. The quantitative estimate of drug-likeness (QED) is 0.848. The van der Waals surface area contributed by atoms with E-state index in [4.69, 9.17) is 20.5 Å². The molecule has 7 heteroatoms. The Kier molecular flexibility index (Phi) is 4.00. The van der Waals surface area contributed by atoms with Gasteiger partial charge >= 0.3 is 5.97 Å². The molecule has 5 nitrogen and oxygen atoms in total. The van der Waals surface area contributed by atoms with Gasteiger partial charge in [0.2, 0.25) is 0 Å². The zero-order valence-corrected chi connectivity index (χ0v) is 10.8. The maximum atomic E-state index is 11.2. The van der Waals surface area contributed by atoms with Gasteiger partial charge in [-0.2, -0.15) is 0 Å². The summed E-state index contributed by atoms with van der Waals surface area (Å²) in [7, 11) is 1.45. The SMILES string of the molecule is Cc1cc(S(=O)(=O)Cl)c(C)cc1OCC(=O)O. The molecule has 0 heterocycles. The number of hydrogen-bond donors (Lipinski definition) is 1. The van der Waals surface area contributed by atoms with Crippen LogP contribution in [0.3, 0.4) is 0 Å². The van der Waals surface area contributed by atoms with Gasteiger partial charge in [-0.25, -0.2) is 13.2 Å². The van der Waals surface area contributed by atoms with Crippen LogP contribution in [0.2, 0.25) is 0 Å². The molecule has 0 amide bonds. The fourth-order valence-electron chi connectivity index (χ4n) is 1.32. The van der Waals surface area contributed by atoms with E-state index >= 15 is 0 Å². The molecule has 0 unspecified atom stereocenters. The zero-order valence-electron chi connectivity index (χ0n) is 9.23. The van der Waals surface area contributed by atoms with E-state index in [1.165, 1.54) is 12.1 Å². The molecule has 1 aromatic carbocycles. The fourth-order valence-corrected chi connectivity index (χ4v) is 2.58. The smallest absolute Gasteiger partial charge is 0.341 e. The summed E-state index contributed by atoms with van der Waals surface area (Å²) in [6, 6.07) is 2.81. The van der Waals surface area contributed by atoms with E-state index in [-0.39, 0.29) is 4.90 Å². The van der Waals surface area contributed by atoms with Gasteiger partial charge in [0.15, 0.2) is 6.61 Å². The van der Waals surface area contributed by atoms with E-state index in [0.717, 1.165) is 0 Å². The van der Waals surface area contributed by atoms with Crippen molar-refractivity contribution in [1.82, 2.24) is 0 Å². The Balaban J connectivity index is 3.14. The van der Waals surface area contributed by atoms with Gasteiger partial charge in [-0.1, -0.05) is 0 Å². The molecule has 1 aromatic rings. The summed E-state index contributed by atoms with van der Waals surface area (Å²) < 4.78 is 27.4. The summed E-state index contributed by atoms with van der Waals surface area (Å²) >= 11 is 0. The Morgan fingerprint density at radius 2 is 1.94 bits per heavy atom. The van der Waals surface area contributed by atoms with Crippen molar-refractivity contribution in [2.75, 3.05) is 6.61 Å². The summed E-state index contributed by atoms with van der Waals surface area (Å²) in [6.07, 6.45) is 0. The molecular formula is C10H11ClO5S. The molecular weight excluding hydrogens is 268 g/mol. The molecule has 0 aliphatic carbocycles. The van der Waals surface area contributed by atoms with Crippen LogP contribution in [0.15, 0.2) is 17.0 Å². The van der Waals surface area contributed by atoms with E-state index in [0.29, 0.717) is 16.9 Å². The second-order valence-corrected chi connectivity index (χ2v) is 6.04. The van der Waals surface area contributed by atoms with Crippen LogP contribution in [0.1, 0.15) is 11.1 Å². The molecule has 0 bridgehead atoms. The standard InChI is InChI=1S/C10H11ClO5S/c1-6-4-9(17(11,14)15)7(2)3-8(6)16-5-10(12)13/h3-4H,5H2,1-2H3,(H,12,13). The first-order valence-electron chi connectivity index (χ1n) is 4.62. The average molecular weight is 279 g/mol. The molecule has 17 heavy (non-hydrogen) atoms. The molecule has 1 rings (SSSR count). The van der Waals surface area contributed by atoms with Crippen molar-refractivity contribution in [3.63, 3.8) is 0 Å². The van der Waals surface area contributed by atoms with Gasteiger partial charge < -0.3 is 9.84 Å². The van der Waals surface area contributed by atoms with E-state index in [1.807, 2.05) is 0 Å². The fraction of sp³-hybridized carbons (Fsp3) is 0.300. The van der Waals surface area contributed by atoms with E-state index in [9.17, 15) is 13.2 Å². The van der Waals surface area contributed by atoms with Crippen LogP contribution in [0.25, 0.3) is 0 Å². The number of ether oxygens (including phenoxy) is 1. The van der Waals surface area contributed by atoms with Gasteiger partial charge in [-0.05, 0) is 37.1 Å². The third-order valence-corrected chi connectivity index (χ3v) is 3.55. The van der Waals surface area contributed by atoms with Crippen LogP contribution in [0.4, 0.5) is 0 Å². The van der Waals surface area contributed by atoms with E-state index < -0.39 is 21.6 Å². The number of carbonyl (C=O) groups is 1. The van der Waals surface area contributed by atoms with Crippen molar-refractivity contribution in [3.05, 3.63) is 23.3 Å². The van der Waals surface area contributed by atoms with E-state index in [1.54, 1.807) is 13.8 Å². The van der Waals surface area contributed by atoms with Crippen LogP contribution < -0.4 is 4.74 Å². The summed E-state index contributed by atoms with van der Waals surface area (Å²) in [4.78, 5) is 10.4. The largest absolute Gasteiger partial charge is 0.482 e. The lowest BCUT2D eigenvalue weighted by Gasteiger charge is -2.10. The number of halogens is 1. The topological polar surface area (TPSA) is 80.7 Å². The summed E-state index contributed by atoms with van der Waals surface area (Å²) in [5.41, 5.74) is 0.919. The molecule has 0 saturated carbocycles. The number of carboxylic acid groups (broad SMARTS) is 1. The van der Waals surface area contributed by atoms with Crippen LogP contribution >= 0.6 is 10.7 Å². The first-order valence-corrected chi connectivity index (χ1v) is 6.93. The maximum absolute atomic E-state index is 11.2. The highest BCUT2D eigenvalue weighted by Gasteiger charge is 2.16. The van der Waals surface area contributed by atoms with E-state index in [2.05, 4.69) is 0 Å². The molecule has 94 valence electrons. The lowest BCUT2D eigenvalue weighted by Crippen LogP contribution is -2.10. The third kappa shape index (κ3) is 3.61. The number of aliphatic carboxylic acids is 1. The molecule has 0 aliphatic heterocycles. The summed E-state index contributed by atoms with van der Waals surface area (Å²) in [6.45, 7) is 2.69. The number of rotatable bonds is 4. The second kappa shape index (κ2) is 4.93. The predicted octanol–water partition coefficient (Wildman–Crippen LogP) is 1.69. The van der Waals surface area contributed by atoms with Crippen molar-refractivity contribution in [2.45, 2.75) is 18.7 Å². The molecule has 0 saturated heterocycles. The highest BCUT2D eigenvalue weighted by molar-refractivity contribution is 8.13. The van der Waals surface area contributed by atoms with Crippen LogP contribution in [-0.2, 0) is 13.8 Å². The number of hydrogen-bond acceptors (Lipinski definition) is 4. The minimum absolute atomic E-state index is 0.000610. The van der Waals surface area contributed by atoms with Crippen molar-refractivity contribution in [1.29, 1.82) is 0 Å². The Hall–Kier alpha value is -1.27. The second-order valence-electron chi connectivity index (χ2n) is 3.50. The summed E-state index contributed by atoms with van der Waals surface area (Å²) in [5.74, 6) is -0.773. The lowest BCUT2D eigenvalue weighted by molar-refractivity contribution is -0.139. The summed E-state index contributed by atoms with van der Waals surface area (Å²) in [5, 5.41) is 8.48. The Morgan fingerprint density at radius 3 is 2.41 bits per heavy atom. The first kappa shape index (κ1) is 13.8. The highest BCUT2D eigenvalue weighted by Crippen LogP contribution is 2.27. The van der Waals surface area contributed by atoms with Crippen LogP contribution in [0.5, 0.6) is 5.75 Å². The lowest BCUT2D eigenvalue weighted by atomic mass is 10.1. The molecule has 0 fully saturated rings. The monoisotopic (exact) mass is 278 g/mol. The normalized spacial score (nSPS) is 11.2. The number of benzene rings is 1. The Morgan fingerprint density at radius 1 is 1.35 bits per heavy atom. The van der Waals surface area contributed by atoms with Gasteiger partial charge in [0.25, 0.3) is 9.05 Å². The molecule has 0 spiro atoms. The van der Waals surface area contributed by atoms with Gasteiger partial charge in [-0.3, -0.25) is 0 Å². The van der Waals surface area contributed by atoms with Gasteiger partial charge in [0.05, 0.1) is 4.90 Å². The van der Waals surface area contributed by atoms with Crippen molar-refractivity contribution < 1.29 is 23.1 Å². The molecule has 0 aliphatic rings. The first-order chi connectivity index (χ1) is 7.71. The predicted molar refractivity (Wildman–Crippen MR) is 62.1 cm³/mol. The van der Waals surface area contributed by atoms with Gasteiger partial charge in [0, 0.05) is 10.7 Å². The molecule has 1 N–H and O–H groups in total. The maximum Gasteiger partial charge on any atom is 0.341 e. The van der Waals surface area contributed by atoms with Crippen molar-refractivity contribution >= 4 is 25.7 Å². The molecule has 0 radical (unpaired) electrons. The molecule has 0 atom stereocenters. The van der Waals surface area contributed by atoms with Gasteiger partial charge in [-0.15, -0.1) is 0 Å². The minimum atomic E-state index is -3.80. The number of aryl methyl sites for hydroxylation is 2. The zero-order chi connectivity index (χ0) is 13.2. The minimum Gasteiger partial charge on any atom is -0.482 e. The van der Waals surface area contributed by atoms with Gasteiger partial charge in [0.1, 0.15) is 5.75 Å². The number of carboxylic acids is 1. The average Bonchev–Trinajstić information content (AvgIpc) is 2.17. The highest BCUT2D eigenvalue weighted by atomic mass is 35.7. The Bertz CT molecular complexity index is 550. The Labute approximate surface area is 103 Å². The molecule has 0 aromatic heterocycles.